The second-order valence-corrected chi connectivity index (χ2v) is 5.13. The maximum absolute atomic E-state index is 9.31. The van der Waals surface area contributed by atoms with Gasteiger partial charge in [0.15, 0.2) is 0 Å². The Bertz CT molecular complexity index is 662. The van der Waals surface area contributed by atoms with Crippen LogP contribution in [0.2, 0.25) is 0 Å². The smallest absolute Gasteiger partial charge is 0.103 e. The van der Waals surface area contributed by atoms with Gasteiger partial charge in [0.05, 0.1) is 28.9 Å². The van der Waals surface area contributed by atoms with Crippen LogP contribution in [0, 0.1) is 11.3 Å². The summed E-state index contributed by atoms with van der Waals surface area (Å²) in [4.78, 5) is 4.33. The molecule has 3 rings (SSSR count). The first-order valence-electron chi connectivity index (χ1n) is 6.90. The lowest BCUT2D eigenvalue weighted by molar-refractivity contribution is 0.101. The van der Waals surface area contributed by atoms with E-state index in [1.165, 1.54) is 0 Å². The van der Waals surface area contributed by atoms with Gasteiger partial charge in [0.2, 0.25) is 0 Å². The fraction of sp³-hybridized carbons (Fsp3) is 0.375. The lowest BCUT2D eigenvalue weighted by Gasteiger charge is -2.22. The van der Waals surface area contributed by atoms with Gasteiger partial charge in [0, 0.05) is 18.7 Å². The minimum absolute atomic E-state index is 0.216. The maximum Gasteiger partial charge on any atom is 0.103 e. The van der Waals surface area contributed by atoms with Crippen LogP contribution in [-0.2, 0) is 4.74 Å². The molecular formula is C16H17N3O. The highest BCUT2D eigenvalue weighted by molar-refractivity contribution is 5.94. The summed E-state index contributed by atoms with van der Waals surface area (Å²) in [5.74, 6) is 0. The number of nitrogens with zero attached hydrogens (tertiary/aromatic N) is 2. The zero-order chi connectivity index (χ0) is 13.9. The fourth-order valence-corrected chi connectivity index (χ4v) is 2.94. The summed E-state index contributed by atoms with van der Waals surface area (Å²) in [5, 5.41) is 13.8. The van der Waals surface area contributed by atoms with Crippen LogP contribution in [0.1, 0.15) is 24.8 Å². The van der Waals surface area contributed by atoms with E-state index in [1.54, 1.807) is 13.3 Å². The number of fused-ring (bicyclic) bond motifs is 1. The summed E-state index contributed by atoms with van der Waals surface area (Å²) in [5.41, 5.74) is 2.37. The number of pyridine rings is 1. The quantitative estimate of drug-likeness (QED) is 0.928. The van der Waals surface area contributed by atoms with Crippen LogP contribution in [0.25, 0.3) is 10.9 Å². The monoisotopic (exact) mass is 267 g/mol. The Morgan fingerprint density at radius 2 is 2.20 bits per heavy atom. The number of methoxy groups -OCH3 is 1. The summed E-state index contributed by atoms with van der Waals surface area (Å²) in [6.45, 7) is 0. The molecule has 2 atom stereocenters. The lowest BCUT2D eigenvalue weighted by atomic mass is 10.1. The van der Waals surface area contributed by atoms with Crippen LogP contribution in [0.4, 0.5) is 5.69 Å². The van der Waals surface area contributed by atoms with Gasteiger partial charge < -0.3 is 10.1 Å². The second-order valence-electron chi connectivity index (χ2n) is 5.13. The van der Waals surface area contributed by atoms with E-state index >= 15 is 0 Å². The molecule has 1 saturated carbocycles. The molecule has 4 heteroatoms. The Hall–Kier alpha value is -2.12. The first-order chi connectivity index (χ1) is 9.83. The molecule has 2 unspecified atom stereocenters. The van der Waals surface area contributed by atoms with E-state index in [-0.39, 0.29) is 12.1 Å². The number of nitrogens with one attached hydrogen (secondary N) is 1. The van der Waals surface area contributed by atoms with Crippen LogP contribution in [0.5, 0.6) is 0 Å². The van der Waals surface area contributed by atoms with E-state index in [1.807, 2.05) is 24.3 Å². The number of rotatable bonds is 3. The van der Waals surface area contributed by atoms with Gasteiger partial charge in [-0.2, -0.15) is 5.26 Å². The molecule has 102 valence electrons. The van der Waals surface area contributed by atoms with Crippen molar-refractivity contribution in [3.05, 3.63) is 36.0 Å². The van der Waals surface area contributed by atoms with E-state index in [0.717, 1.165) is 35.9 Å². The molecule has 0 bridgehead atoms. The predicted molar refractivity (Wildman–Crippen MR) is 78.5 cm³/mol. The van der Waals surface area contributed by atoms with E-state index < -0.39 is 0 Å². The Morgan fingerprint density at radius 1 is 1.35 bits per heavy atom. The van der Waals surface area contributed by atoms with Crippen molar-refractivity contribution >= 4 is 16.6 Å². The van der Waals surface area contributed by atoms with Crippen LogP contribution in [-0.4, -0.2) is 24.2 Å². The van der Waals surface area contributed by atoms with Crippen LogP contribution < -0.4 is 5.32 Å². The molecule has 1 fully saturated rings. The highest BCUT2D eigenvalue weighted by Gasteiger charge is 2.28. The van der Waals surface area contributed by atoms with Gasteiger partial charge in [-0.15, -0.1) is 0 Å². The van der Waals surface area contributed by atoms with Crippen LogP contribution in [0.3, 0.4) is 0 Å². The van der Waals surface area contributed by atoms with Crippen molar-refractivity contribution in [2.45, 2.75) is 31.4 Å². The molecule has 1 aromatic heterocycles. The minimum atomic E-state index is 0.216. The number of hydrogen-bond acceptors (Lipinski definition) is 4. The normalized spacial score (nSPS) is 21.8. The highest BCUT2D eigenvalue weighted by Crippen LogP contribution is 2.30. The summed E-state index contributed by atoms with van der Waals surface area (Å²) in [6, 6.07) is 10.4. The van der Waals surface area contributed by atoms with Gasteiger partial charge in [-0.05, 0) is 25.3 Å². The number of anilines is 1. The molecule has 0 aliphatic heterocycles. The molecule has 1 aliphatic rings. The average Bonchev–Trinajstić information content (AvgIpc) is 2.95. The van der Waals surface area contributed by atoms with Gasteiger partial charge in [-0.1, -0.05) is 18.2 Å². The number of hydrogen-bond donors (Lipinski definition) is 1. The van der Waals surface area contributed by atoms with Gasteiger partial charge >= 0.3 is 0 Å². The SMILES string of the molecule is COC1CCCC1Nc1c(C#N)cnc2ccccc12. The summed E-state index contributed by atoms with van der Waals surface area (Å²) in [6.07, 6.45) is 5.15. The Kier molecular flexibility index (Phi) is 3.53. The number of nitriles is 1. The standard InChI is InChI=1S/C16H17N3O/c1-20-15-8-4-7-14(15)19-16-11(9-17)10-18-13-6-3-2-5-12(13)16/h2-3,5-6,10,14-15H,4,7-8H2,1H3,(H,18,19). The van der Waals surface area contributed by atoms with Crippen molar-refractivity contribution in [3.8, 4) is 6.07 Å². The zero-order valence-corrected chi connectivity index (χ0v) is 11.5. The van der Waals surface area contributed by atoms with Gasteiger partial charge in [0.1, 0.15) is 6.07 Å². The highest BCUT2D eigenvalue weighted by atomic mass is 16.5. The molecule has 1 aliphatic carbocycles. The first kappa shape index (κ1) is 12.9. The zero-order valence-electron chi connectivity index (χ0n) is 11.5. The number of para-hydroxylation sites is 1. The molecule has 2 aromatic rings. The van der Waals surface area contributed by atoms with Gasteiger partial charge in [-0.3, -0.25) is 4.98 Å². The van der Waals surface area contributed by atoms with E-state index in [2.05, 4.69) is 16.4 Å². The molecule has 0 saturated heterocycles. The summed E-state index contributed by atoms with van der Waals surface area (Å²) < 4.78 is 5.52. The average molecular weight is 267 g/mol. The lowest BCUT2D eigenvalue weighted by Crippen LogP contribution is -2.30. The number of ether oxygens (including phenoxy) is 1. The molecule has 0 spiro atoms. The fourth-order valence-electron chi connectivity index (χ4n) is 2.94. The second kappa shape index (κ2) is 5.48. The molecule has 4 nitrogen and oxygen atoms in total. The van der Waals surface area contributed by atoms with Gasteiger partial charge in [0.25, 0.3) is 0 Å². The Labute approximate surface area is 118 Å². The third kappa shape index (κ3) is 2.21. The summed E-state index contributed by atoms with van der Waals surface area (Å²) >= 11 is 0. The third-order valence-corrected chi connectivity index (χ3v) is 3.98. The minimum Gasteiger partial charge on any atom is -0.379 e. The van der Waals surface area contributed by atoms with E-state index in [9.17, 15) is 5.26 Å². The van der Waals surface area contributed by atoms with E-state index in [4.69, 9.17) is 4.74 Å². The Balaban J connectivity index is 2.03. The van der Waals surface area contributed by atoms with E-state index in [0.29, 0.717) is 5.56 Å². The summed E-state index contributed by atoms with van der Waals surface area (Å²) in [7, 11) is 1.75. The molecule has 20 heavy (non-hydrogen) atoms. The Morgan fingerprint density at radius 3 is 3.00 bits per heavy atom. The van der Waals surface area contributed by atoms with Crippen LogP contribution >= 0.6 is 0 Å². The predicted octanol–water partition coefficient (Wildman–Crippen LogP) is 3.09. The van der Waals surface area contributed by atoms with Crippen molar-refractivity contribution in [2.24, 2.45) is 0 Å². The molecule has 0 amide bonds. The molecular weight excluding hydrogens is 250 g/mol. The maximum atomic E-state index is 9.31. The molecule has 1 heterocycles. The van der Waals surface area contributed by atoms with Gasteiger partial charge in [-0.25, -0.2) is 0 Å². The molecule has 1 N–H and O–H groups in total. The van der Waals surface area contributed by atoms with Crippen molar-refractivity contribution in [1.29, 1.82) is 5.26 Å². The number of benzene rings is 1. The molecule has 1 aromatic carbocycles. The topological polar surface area (TPSA) is 57.9 Å². The van der Waals surface area contributed by atoms with Crippen molar-refractivity contribution < 1.29 is 4.74 Å². The largest absolute Gasteiger partial charge is 0.379 e. The third-order valence-electron chi connectivity index (χ3n) is 3.98. The molecule has 0 radical (unpaired) electrons. The number of aromatic nitrogens is 1. The van der Waals surface area contributed by atoms with Crippen LogP contribution in [0.15, 0.2) is 30.5 Å². The van der Waals surface area contributed by atoms with Crippen molar-refractivity contribution in [1.82, 2.24) is 4.98 Å². The van der Waals surface area contributed by atoms with Crippen molar-refractivity contribution in [3.63, 3.8) is 0 Å². The first-order valence-corrected chi connectivity index (χ1v) is 6.90. The van der Waals surface area contributed by atoms with Crippen molar-refractivity contribution in [2.75, 3.05) is 12.4 Å².